The highest BCUT2D eigenvalue weighted by atomic mass is 16.2. The molecule has 0 bridgehead atoms. The van der Waals surface area contributed by atoms with Crippen molar-refractivity contribution in [1.82, 2.24) is 4.90 Å². The minimum atomic E-state index is -0.175. The van der Waals surface area contributed by atoms with Gasteiger partial charge in [0.2, 0.25) is 6.41 Å². The van der Waals surface area contributed by atoms with Crippen molar-refractivity contribution in [2.24, 2.45) is 0 Å². The summed E-state index contributed by atoms with van der Waals surface area (Å²) >= 11 is 0. The van der Waals surface area contributed by atoms with Gasteiger partial charge in [-0.05, 0) is 31.4 Å². The SMILES string of the molecule is CC1CCc2ccccc2C(=O)N1C=O. The molecule has 1 aromatic rings. The number of hydrogen-bond acceptors (Lipinski definition) is 2. The molecular weight excluding hydrogens is 190 g/mol. The van der Waals surface area contributed by atoms with Crippen molar-refractivity contribution in [3.05, 3.63) is 35.4 Å². The highest BCUT2D eigenvalue weighted by Crippen LogP contribution is 2.20. The van der Waals surface area contributed by atoms with Gasteiger partial charge in [-0.2, -0.15) is 0 Å². The van der Waals surface area contributed by atoms with Gasteiger partial charge in [-0.25, -0.2) is 0 Å². The Morgan fingerprint density at radius 2 is 2.13 bits per heavy atom. The van der Waals surface area contributed by atoms with Crippen molar-refractivity contribution >= 4 is 12.3 Å². The Labute approximate surface area is 88.7 Å². The molecule has 1 unspecified atom stereocenters. The lowest BCUT2D eigenvalue weighted by molar-refractivity contribution is -0.117. The first-order valence-corrected chi connectivity index (χ1v) is 5.10. The lowest BCUT2D eigenvalue weighted by Gasteiger charge is -2.19. The molecule has 0 saturated heterocycles. The summed E-state index contributed by atoms with van der Waals surface area (Å²) in [5, 5.41) is 0. The molecule has 0 radical (unpaired) electrons. The Hall–Kier alpha value is -1.64. The van der Waals surface area contributed by atoms with Gasteiger partial charge in [0.1, 0.15) is 0 Å². The molecular formula is C12H13NO2. The van der Waals surface area contributed by atoms with Crippen LogP contribution in [-0.4, -0.2) is 23.3 Å². The van der Waals surface area contributed by atoms with E-state index in [0.717, 1.165) is 18.4 Å². The normalized spacial score (nSPS) is 20.7. The van der Waals surface area contributed by atoms with Crippen LogP contribution >= 0.6 is 0 Å². The second-order valence-electron chi connectivity index (χ2n) is 3.86. The Bertz CT molecular complexity index is 400. The quantitative estimate of drug-likeness (QED) is 0.650. The molecule has 1 aliphatic heterocycles. The zero-order valence-corrected chi connectivity index (χ0v) is 8.64. The van der Waals surface area contributed by atoms with Crippen molar-refractivity contribution in [3.8, 4) is 0 Å². The molecule has 0 N–H and O–H groups in total. The fourth-order valence-electron chi connectivity index (χ4n) is 1.94. The Kier molecular flexibility index (Phi) is 2.54. The van der Waals surface area contributed by atoms with Crippen LogP contribution in [0.2, 0.25) is 0 Å². The van der Waals surface area contributed by atoms with Gasteiger partial charge in [0, 0.05) is 11.6 Å². The number of aryl methyl sites for hydroxylation is 1. The standard InChI is InChI=1S/C12H13NO2/c1-9-6-7-10-4-2-3-5-11(10)12(15)13(9)8-14/h2-5,8-9H,6-7H2,1H3. The molecule has 3 heteroatoms. The minimum absolute atomic E-state index is 0.0117. The van der Waals surface area contributed by atoms with Gasteiger partial charge in [-0.3, -0.25) is 14.5 Å². The van der Waals surface area contributed by atoms with Gasteiger partial charge >= 0.3 is 0 Å². The fourth-order valence-corrected chi connectivity index (χ4v) is 1.94. The molecule has 3 nitrogen and oxygen atoms in total. The number of benzene rings is 1. The number of hydrogen-bond donors (Lipinski definition) is 0. The summed E-state index contributed by atoms with van der Waals surface area (Å²) in [5.74, 6) is -0.175. The fraction of sp³-hybridized carbons (Fsp3) is 0.333. The number of amides is 2. The molecule has 2 amide bonds. The summed E-state index contributed by atoms with van der Waals surface area (Å²) in [6.45, 7) is 1.90. The second kappa shape index (κ2) is 3.85. The highest BCUT2D eigenvalue weighted by molar-refractivity contribution is 6.01. The summed E-state index contributed by atoms with van der Waals surface area (Å²) in [6, 6.07) is 7.48. The van der Waals surface area contributed by atoms with Crippen molar-refractivity contribution in [3.63, 3.8) is 0 Å². The van der Waals surface area contributed by atoms with E-state index in [0.29, 0.717) is 12.0 Å². The summed E-state index contributed by atoms with van der Waals surface area (Å²) < 4.78 is 0. The van der Waals surface area contributed by atoms with E-state index in [-0.39, 0.29) is 11.9 Å². The molecule has 0 spiro atoms. The van der Waals surface area contributed by atoms with Crippen molar-refractivity contribution in [2.75, 3.05) is 0 Å². The average molecular weight is 203 g/mol. The van der Waals surface area contributed by atoms with Crippen LogP contribution in [0, 0.1) is 0 Å². The van der Waals surface area contributed by atoms with Crippen LogP contribution in [0.3, 0.4) is 0 Å². The zero-order valence-electron chi connectivity index (χ0n) is 8.64. The highest BCUT2D eigenvalue weighted by Gasteiger charge is 2.26. The topological polar surface area (TPSA) is 37.4 Å². The van der Waals surface area contributed by atoms with Gasteiger partial charge in [0.05, 0.1) is 0 Å². The van der Waals surface area contributed by atoms with E-state index in [9.17, 15) is 9.59 Å². The van der Waals surface area contributed by atoms with Crippen LogP contribution in [0.15, 0.2) is 24.3 Å². The minimum Gasteiger partial charge on any atom is -0.278 e. The molecule has 1 aliphatic rings. The number of nitrogens with zero attached hydrogens (tertiary/aromatic N) is 1. The molecule has 1 aromatic carbocycles. The molecule has 2 rings (SSSR count). The van der Waals surface area contributed by atoms with E-state index >= 15 is 0 Å². The van der Waals surface area contributed by atoms with E-state index in [4.69, 9.17) is 0 Å². The van der Waals surface area contributed by atoms with Crippen LogP contribution in [0.1, 0.15) is 29.3 Å². The first kappa shape index (κ1) is 9.90. The van der Waals surface area contributed by atoms with Crippen LogP contribution in [0.5, 0.6) is 0 Å². The number of fused-ring (bicyclic) bond motifs is 1. The third kappa shape index (κ3) is 1.65. The smallest absolute Gasteiger partial charge is 0.260 e. The van der Waals surface area contributed by atoms with Crippen LogP contribution in [-0.2, 0) is 11.2 Å². The molecule has 0 aromatic heterocycles. The lowest BCUT2D eigenvalue weighted by atomic mass is 10.0. The van der Waals surface area contributed by atoms with E-state index in [2.05, 4.69) is 0 Å². The average Bonchev–Trinajstić information content (AvgIpc) is 2.38. The predicted molar refractivity (Wildman–Crippen MR) is 56.5 cm³/mol. The van der Waals surface area contributed by atoms with Crippen molar-refractivity contribution in [1.29, 1.82) is 0 Å². The van der Waals surface area contributed by atoms with E-state index in [1.165, 1.54) is 4.90 Å². The largest absolute Gasteiger partial charge is 0.278 e. The van der Waals surface area contributed by atoms with Gasteiger partial charge in [0.15, 0.2) is 0 Å². The summed E-state index contributed by atoms with van der Waals surface area (Å²) in [5.41, 5.74) is 1.70. The van der Waals surface area contributed by atoms with Crippen LogP contribution in [0.4, 0.5) is 0 Å². The third-order valence-electron chi connectivity index (χ3n) is 2.90. The number of rotatable bonds is 1. The third-order valence-corrected chi connectivity index (χ3v) is 2.90. The Balaban J connectivity index is 2.47. The maximum Gasteiger partial charge on any atom is 0.260 e. The van der Waals surface area contributed by atoms with E-state index < -0.39 is 0 Å². The molecule has 0 aliphatic carbocycles. The first-order valence-electron chi connectivity index (χ1n) is 5.10. The lowest BCUT2D eigenvalue weighted by Crippen LogP contribution is -2.36. The number of carbonyl (C=O) groups excluding carboxylic acids is 2. The Morgan fingerprint density at radius 1 is 1.40 bits per heavy atom. The number of carbonyl (C=O) groups is 2. The molecule has 0 fully saturated rings. The predicted octanol–water partition coefficient (Wildman–Crippen LogP) is 1.62. The van der Waals surface area contributed by atoms with Gasteiger partial charge in [0.25, 0.3) is 5.91 Å². The molecule has 1 heterocycles. The van der Waals surface area contributed by atoms with Crippen molar-refractivity contribution < 1.29 is 9.59 Å². The van der Waals surface area contributed by atoms with E-state index in [1.807, 2.05) is 25.1 Å². The monoisotopic (exact) mass is 203 g/mol. The summed E-state index contributed by atoms with van der Waals surface area (Å²) in [4.78, 5) is 24.1. The van der Waals surface area contributed by atoms with Gasteiger partial charge < -0.3 is 0 Å². The van der Waals surface area contributed by atoms with Gasteiger partial charge in [-0.15, -0.1) is 0 Å². The molecule has 15 heavy (non-hydrogen) atoms. The van der Waals surface area contributed by atoms with Gasteiger partial charge in [-0.1, -0.05) is 18.2 Å². The van der Waals surface area contributed by atoms with E-state index in [1.54, 1.807) is 6.07 Å². The first-order chi connectivity index (χ1) is 7.24. The summed E-state index contributed by atoms with van der Waals surface area (Å²) in [7, 11) is 0. The number of imide groups is 1. The molecule has 0 saturated carbocycles. The van der Waals surface area contributed by atoms with Crippen LogP contribution in [0.25, 0.3) is 0 Å². The zero-order chi connectivity index (χ0) is 10.8. The second-order valence-corrected chi connectivity index (χ2v) is 3.86. The van der Waals surface area contributed by atoms with Crippen LogP contribution < -0.4 is 0 Å². The maximum absolute atomic E-state index is 12.0. The molecule has 1 atom stereocenters. The van der Waals surface area contributed by atoms with Crippen molar-refractivity contribution in [2.45, 2.75) is 25.8 Å². The molecule has 78 valence electrons. The Morgan fingerprint density at radius 3 is 2.87 bits per heavy atom. The summed E-state index contributed by atoms with van der Waals surface area (Å²) in [6.07, 6.45) is 2.32. The maximum atomic E-state index is 12.0.